The van der Waals surface area contributed by atoms with Crippen molar-refractivity contribution in [2.24, 2.45) is 0 Å². The first-order chi connectivity index (χ1) is 15.0. The Morgan fingerprint density at radius 2 is 2.00 bits per heavy atom. The molecule has 1 aromatic carbocycles. The van der Waals surface area contributed by atoms with Crippen molar-refractivity contribution in [3.8, 4) is 0 Å². The molecule has 0 aliphatic rings. The SMILES string of the molecule is CCCCc1ncc(C=C(Cc2cccs2)C(=O)OC)n1Cc1ccc(C(=O)O)cc1. The van der Waals surface area contributed by atoms with Crippen LogP contribution >= 0.6 is 11.3 Å². The van der Waals surface area contributed by atoms with Crippen LogP contribution in [-0.4, -0.2) is 33.7 Å². The highest BCUT2D eigenvalue weighted by molar-refractivity contribution is 7.09. The van der Waals surface area contributed by atoms with Gasteiger partial charge in [-0.3, -0.25) is 0 Å². The number of ether oxygens (including phenoxy) is 1. The van der Waals surface area contributed by atoms with Gasteiger partial charge in [0.05, 0.1) is 24.6 Å². The van der Waals surface area contributed by atoms with Crippen LogP contribution in [0.2, 0.25) is 0 Å². The van der Waals surface area contributed by atoms with E-state index in [1.807, 2.05) is 35.7 Å². The summed E-state index contributed by atoms with van der Waals surface area (Å²) in [6, 6.07) is 10.8. The Balaban J connectivity index is 1.96. The molecule has 0 bridgehead atoms. The third-order valence-electron chi connectivity index (χ3n) is 4.98. The van der Waals surface area contributed by atoms with Crippen molar-refractivity contribution in [2.75, 3.05) is 7.11 Å². The van der Waals surface area contributed by atoms with Crippen molar-refractivity contribution in [1.82, 2.24) is 9.55 Å². The summed E-state index contributed by atoms with van der Waals surface area (Å²) in [6.07, 6.45) is 7.02. The number of thiophene rings is 1. The Labute approximate surface area is 185 Å². The number of carbonyl (C=O) groups is 2. The van der Waals surface area contributed by atoms with Gasteiger partial charge < -0.3 is 14.4 Å². The van der Waals surface area contributed by atoms with Crippen molar-refractivity contribution in [2.45, 2.75) is 39.2 Å². The molecule has 1 N–H and O–H groups in total. The summed E-state index contributed by atoms with van der Waals surface area (Å²) in [6.45, 7) is 2.67. The fraction of sp³-hybridized carbons (Fsp3) is 0.292. The maximum absolute atomic E-state index is 12.4. The van der Waals surface area contributed by atoms with Crippen LogP contribution in [0.25, 0.3) is 6.08 Å². The number of aromatic nitrogens is 2. The number of nitrogens with zero attached hydrogens (tertiary/aromatic N) is 2. The number of imidazole rings is 1. The van der Waals surface area contributed by atoms with Gasteiger partial charge in [-0.2, -0.15) is 0 Å². The van der Waals surface area contributed by atoms with Gasteiger partial charge in [-0.25, -0.2) is 14.6 Å². The van der Waals surface area contributed by atoms with E-state index in [1.54, 1.807) is 29.7 Å². The summed E-state index contributed by atoms with van der Waals surface area (Å²) in [4.78, 5) is 29.2. The molecule has 0 spiro atoms. The van der Waals surface area contributed by atoms with E-state index < -0.39 is 5.97 Å². The molecule has 2 aromatic heterocycles. The van der Waals surface area contributed by atoms with E-state index in [4.69, 9.17) is 9.84 Å². The van der Waals surface area contributed by atoms with E-state index in [2.05, 4.69) is 16.5 Å². The third-order valence-corrected chi connectivity index (χ3v) is 5.86. The summed E-state index contributed by atoms with van der Waals surface area (Å²) >= 11 is 1.60. The second kappa shape index (κ2) is 10.7. The quantitative estimate of drug-likeness (QED) is 0.362. The molecule has 31 heavy (non-hydrogen) atoms. The smallest absolute Gasteiger partial charge is 0.335 e. The molecule has 0 fully saturated rings. The van der Waals surface area contributed by atoms with Crippen molar-refractivity contribution in [3.63, 3.8) is 0 Å². The van der Waals surface area contributed by atoms with Crippen molar-refractivity contribution in [1.29, 1.82) is 0 Å². The maximum atomic E-state index is 12.4. The lowest BCUT2D eigenvalue weighted by atomic mass is 10.1. The number of aromatic carboxylic acids is 1. The van der Waals surface area contributed by atoms with Crippen molar-refractivity contribution < 1.29 is 19.4 Å². The Bertz CT molecular complexity index is 1050. The second-order valence-corrected chi connectivity index (χ2v) is 8.24. The lowest BCUT2D eigenvalue weighted by Gasteiger charge is -2.12. The molecule has 0 saturated heterocycles. The van der Waals surface area contributed by atoms with E-state index in [0.29, 0.717) is 18.5 Å². The van der Waals surface area contributed by atoms with Crippen LogP contribution in [0.4, 0.5) is 0 Å². The predicted molar refractivity (Wildman–Crippen MR) is 121 cm³/mol. The number of carbonyl (C=O) groups excluding carboxylic acids is 1. The Kier molecular flexibility index (Phi) is 7.78. The standard InChI is InChI=1S/C24H26N2O4S/c1-3-4-7-22-25-15-20(13-19(24(29)30-2)14-21-6-5-12-31-21)26(22)16-17-8-10-18(11-9-17)23(27)28/h5-6,8-13,15H,3-4,7,14,16H2,1-2H3,(H,27,28). The van der Waals surface area contributed by atoms with Gasteiger partial charge in [0, 0.05) is 29.8 Å². The summed E-state index contributed by atoms with van der Waals surface area (Å²) in [5.41, 5.74) is 2.61. The first-order valence-corrected chi connectivity index (χ1v) is 11.1. The molecule has 0 amide bonds. The molecule has 7 heteroatoms. The van der Waals surface area contributed by atoms with E-state index in [1.165, 1.54) is 7.11 Å². The second-order valence-electron chi connectivity index (χ2n) is 7.21. The van der Waals surface area contributed by atoms with Crippen LogP contribution in [0.5, 0.6) is 0 Å². The van der Waals surface area contributed by atoms with E-state index >= 15 is 0 Å². The highest BCUT2D eigenvalue weighted by Crippen LogP contribution is 2.20. The average Bonchev–Trinajstić information content (AvgIpc) is 3.42. The number of carboxylic acid groups (broad SMARTS) is 1. The van der Waals surface area contributed by atoms with Crippen LogP contribution in [0.15, 0.2) is 53.5 Å². The molecule has 0 atom stereocenters. The summed E-state index contributed by atoms with van der Waals surface area (Å²) in [5, 5.41) is 11.1. The average molecular weight is 439 g/mol. The van der Waals surface area contributed by atoms with Gasteiger partial charge in [-0.1, -0.05) is 31.5 Å². The minimum absolute atomic E-state index is 0.254. The number of unbranched alkanes of at least 4 members (excludes halogenated alkanes) is 1. The zero-order valence-electron chi connectivity index (χ0n) is 17.7. The van der Waals surface area contributed by atoms with E-state index in [9.17, 15) is 9.59 Å². The van der Waals surface area contributed by atoms with Gasteiger partial charge in [0.1, 0.15) is 5.82 Å². The zero-order valence-corrected chi connectivity index (χ0v) is 18.5. The monoisotopic (exact) mass is 438 g/mol. The first kappa shape index (κ1) is 22.5. The number of esters is 1. The lowest BCUT2D eigenvalue weighted by molar-refractivity contribution is -0.136. The first-order valence-electron chi connectivity index (χ1n) is 10.2. The molecule has 2 heterocycles. The summed E-state index contributed by atoms with van der Waals surface area (Å²) in [7, 11) is 1.39. The minimum Gasteiger partial charge on any atom is -0.478 e. The fourth-order valence-corrected chi connectivity index (χ4v) is 4.02. The summed E-state index contributed by atoms with van der Waals surface area (Å²) in [5.74, 6) is -0.365. The Morgan fingerprint density at radius 1 is 1.23 bits per heavy atom. The molecule has 0 radical (unpaired) electrons. The molecule has 3 rings (SSSR count). The molecule has 162 valence electrons. The highest BCUT2D eigenvalue weighted by Gasteiger charge is 2.15. The van der Waals surface area contributed by atoms with Gasteiger partial charge in [0.25, 0.3) is 0 Å². The fourth-order valence-electron chi connectivity index (χ4n) is 3.29. The van der Waals surface area contributed by atoms with Gasteiger partial charge in [-0.15, -0.1) is 11.3 Å². The molecule has 0 unspecified atom stereocenters. The van der Waals surface area contributed by atoms with Crippen LogP contribution < -0.4 is 0 Å². The Hall–Kier alpha value is -3.19. The predicted octanol–water partition coefficient (Wildman–Crippen LogP) is 4.83. The molecule has 6 nitrogen and oxygen atoms in total. The number of hydrogen-bond donors (Lipinski definition) is 1. The molecular weight excluding hydrogens is 412 g/mol. The number of methoxy groups -OCH3 is 1. The normalized spacial score (nSPS) is 11.5. The molecule has 0 aliphatic heterocycles. The van der Waals surface area contributed by atoms with Crippen LogP contribution in [0, 0.1) is 0 Å². The Morgan fingerprint density at radius 3 is 2.61 bits per heavy atom. The molecule has 0 saturated carbocycles. The van der Waals surface area contributed by atoms with Crippen LogP contribution in [-0.2, 0) is 28.9 Å². The number of carboxylic acids is 1. The van der Waals surface area contributed by atoms with Gasteiger partial charge in [0.15, 0.2) is 0 Å². The van der Waals surface area contributed by atoms with Crippen LogP contribution in [0.3, 0.4) is 0 Å². The number of hydrogen-bond acceptors (Lipinski definition) is 5. The number of aryl methyl sites for hydroxylation is 1. The molecular formula is C24H26N2O4S. The van der Waals surface area contributed by atoms with Gasteiger partial charge in [0.2, 0.25) is 0 Å². The summed E-state index contributed by atoms with van der Waals surface area (Å²) < 4.78 is 7.10. The highest BCUT2D eigenvalue weighted by atomic mass is 32.1. The topological polar surface area (TPSA) is 81.4 Å². The number of benzene rings is 1. The minimum atomic E-state index is -0.947. The van der Waals surface area contributed by atoms with Crippen molar-refractivity contribution >= 4 is 29.4 Å². The molecule has 3 aromatic rings. The van der Waals surface area contributed by atoms with E-state index in [0.717, 1.165) is 41.2 Å². The van der Waals surface area contributed by atoms with Crippen LogP contribution in [0.1, 0.15) is 52.1 Å². The zero-order chi connectivity index (χ0) is 22.2. The van der Waals surface area contributed by atoms with Gasteiger partial charge in [-0.05, 0) is 41.6 Å². The largest absolute Gasteiger partial charge is 0.478 e. The number of rotatable bonds is 10. The van der Waals surface area contributed by atoms with E-state index in [-0.39, 0.29) is 11.5 Å². The lowest BCUT2D eigenvalue weighted by Crippen LogP contribution is -2.10. The van der Waals surface area contributed by atoms with Crippen molar-refractivity contribution in [3.05, 3.63) is 81.1 Å². The van der Waals surface area contributed by atoms with Gasteiger partial charge >= 0.3 is 11.9 Å². The third kappa shape index (κ3) is 5.92. The molecule has 0 aliphatic carbocycles. The maximum Gasteiger partial charge on any atom is 0.335 e.